The van der Waals surface area contributed by atoms with Crippen LogP contribution < -0.4 is 18.9 Å². The number of benzene rings is 5. The van der Waals surface area contributed by atoms with Gasteiger partial charge in [-0.05, 0) is 99.3 Å². The Kier molecular flexibility index (Phi) is 13.6. The lowest BCUT2D eigenvalue weighted by Crippen LogP contribution is -2.10. The van der Waals surface area contributed by atoms with Crippen molar-refractivity contribution in [3.8, 4) is 34.8 Å². The molecule has 6 rings (SSSR count). The highest BCUT2D eigenvalue weighted by Gasteiger charge is 2.22. The average Bonchev–Trinajstić information content (AvgIpc) is 3.16. The van der Waals surface area contributed by atoms with Gasteiger partial charge >= 0.3 is 0 Å². The van der Waals surface area contributed by atoms with E-state index in [9.17, 15) is 0 Å². The quantitative estimate of drug-likeness (QED) is 0.116. The monoisotopic (exact) mass is 770 g/mol. The maximum atomic E-state index is 6.72. The van der Waals surface area contributed by atoms with Crippen LogP contribution in [0.5, 0.6) is 23.0 Å². The van der Waals surface area contributed by atoms with Gasteiger partial charge in [0.2, 0.25) is 0 Å². The zero-order chi connectivity index (χ0) is 37.0. The summed E-state index contributed by atoms with van der Waals surface area (Å²) in [5.74, 6) is 10.7. The van der Waals surface area contributed by atoms with Crippen LogP contribution in [0.2, 0.25) is 0 Å². The summed E-state index contributed by atoms with van der Waals surface area (Å²) in [6, 6.07) is 32.2. The van der Waals surface area contributed by atoms with Crippen molar-refractivity contribution in [2.75, 3.05) is 26.4 Å². The van der Waals surface area contributed by atoms with Gasteiger partial charge in [-0.1, -0.05) is 106 Å². The van der Waals surface area contributed by atoms with Crippen molar-refractivity contribution < 1.29 is 18.9 Å². The van der Waals surface area contributed by atoms with E-state index in [1.807, 2.05) is 24.3 Å². The topological polar surface area (TPSA) is 36.9 Å². The molecule has 0 N–H and O–H groups in total. The fraction of sp³-hybridized carbons (Fsp3) is 0.333. The molecule has 5 aromatic carbocycles. The second-order valence-corrected chi connectivity index (χ2v) is 14.5. The highest BCUT2D eigenvalue weighted by atomic mass is 79.9. The minimum absolute atomic E-state index is 0.621. The van der Waals surface area contributed by atoms with Crippen LogP contribution in [0.15, 0.2) is 95.5 Å². The third-order valence-corrected chi connectivity index (χ3v) is 10.0. The molecule has 0 radical (unpaired) electrons. The summed E-state index contributed by atoms with van der Waals surface area (Å²) in [6.07, 6.45) is 6.35. The predicted octanol–water partition coefficient (Wildman–Crippen LogP) is 11.7. The van der Waals surface area contributed by atoms with E-state index in [-0.39, 0.29) is 0 Å². The van der Waals surface area contributed by atoms with E-state index in [1.54, 1.807) is 0 Å². The Morgan fingerprint density at radius 3 is 1.13 bits per heavy atom. The maximum Gasteiger partial charge on any atom is 0.126 e. The standard InChI is InChI=1S/C48H51BrO4/c1-5-24-50-45-36-15-11-16-37(45)31-39-18-13-20-41(47(39)52-26-7-3)33-43-29-34(22-23-35-14-9-10-21-44(35)49)28-42(48(43)53-27-8-4)32-40-19-12-17-38(30-36)46(40)51-25-6-2/h9-21,28-29H,5-8,24-27,30-33H2,1-4H3. The van der Waals surface area contributed by atoms with Crippen LogP contribution in [0.1, 0.15) is 109 Å². The molecular formula is C48H51BrO4. The molecule has 0 unspecified atom stereocenters. The summed E-state index contributed by atoms with van der Waals surface area (Å²) in [5.41, 5.74) is 11.0. The molecule has 0 heterocycles. The van der Waals surface area contributed by atoms with Crippen molar-refractivity contribution in [2.45, 2.75) is 79.1 Å². The number of hydrogen-bond donors (Lipinski definition) is 0. The highest BCUT2D eigenvalue weighted by molar-refractivity contribution is 9.10. The van der Waals surface area contributed by atoms with Gasteiger partial charge in [-0.25, -0.2) is 0 Å². The predicted molar refractivity (Wildman–Crippen MR) is 220 cm³/mol. The molecule has 0 spiro atoms. The van der Waals surface area contributed by atoms with Gasteiger partial charge in [0, 0.05) is 52.4 Å². The second-order valence-electron chi connectivity index (χ2n) is 13.7. The van der Waals surface area contributed by atoms with Crippen molar-refractivity contribution in [1.29, 1.82) is 0 Å². The van der Waals surface area contributed by atoms with Crippen LogP contribution in [0.25, 0.3) is 0 Å². The minimum Gasteiger partial charge on any atom is -0.493 e. The molecule has 5 aromatic rings. The van der Waals surface area contributed by atoms with Crippen LogP contribution >= 0.6 is 15.9 Å². The van der Waals surface area contributed by atoms with Crippen molar-refractivity contribution >= 4 is 15.9 Å². The summed E-state index contributed by atoms with van der Waals surface area (Å²) in [4.78, 5) is 0. The van der Waals surface area contributed by atoms with Crippen molar-refractivity contribution in [3.63, 3.8) is 0 Å². The van der Waals surface area contributed by atoms with Crippen LogP contribution in [0.3, 0.4) is 0 Å². The van der Waals surface area contributed by atoms with Gasteiger partial charge < -0.3 is 18.9 Å². The van der Waals surface area contributed by atoms with Crippen LogP contribution in [0.4, 0.5) is 0 Å². The molecule has 0 aromatic heterocycles. The average molecular weight is 772 g/mol. The summed E-state index contributed by atoms with van der Waals surface area (Å²) >= 11 is 3.69. The first-order valence-corrected chi connectivity index (χ1v) is 20.1. The van der Waals surface area contributed by atoms with E-state index >= 15 is 0 Å². The van der Waals surface area contributed by atoms with E-state index in [0.29, 0.717) is 52.1 Å². The fourth-order valence-electron chi connectivity index (χ4n) is 6.92. The molecule has 0 aliphatic heterocycles. The minimum atomic E-state index is 0.621. The van der Waals surface area contributed by atoms with Crippen LogP contribution in [-0.4, -0.2) is 26.4 Å². The van der Waals surface area contributed by atoms with Gasteiger partial charge in [0.1, 0.15) is 23.0 Å². The zero-order valence-corrected chi connectivity index (χ0v) is 33.2. The normalized spacial score (nSPS) is 12.0. The first kappa shape index (κ1) is 38.1. The van der Waals surface area contributed by atoms with Crippen molar-refractivity contribution in [2.24, 2.45) is 0 Å². The van der Waals surface area contributed by atoms with Crippen molar-refractivity contribution in [1.82, 2.24) is 0 Å². The maximum absolute atomic E-state index is 6.72. The Morgan fingerprint density at radius 1 is 0.434 bits per heavy atom. The smallest absolute Gasteiger partial charge is 0.126 e. The molecule has 8 bridgehead atoms. The number of ether oxygens (including phenoxy) is 4. The van der Waals surface area contributed by atoms with Crippen LogP contribution in [0, 0.1) is 11.8 Å². The molecule has 0 saturated carbocycles. The van der Waals surface area contributed by atoms with Gasteiger partial charge in [0.15, 0.2) is 0 Å². The Balaban J connectivity index is 1.61. The summed E-state index contributed by atoms with van der Waals surface area (Å²) in [7, 11) is 0. The first-order chi connectivity index (χ1) is 26.0. The molecule has 274 valence electrons. The molecule has 5 heteroatoms. The number of halogens is 1. The third kappa shape index (κ3) is 9.48. The Morgan fingerprint density at radius 2 is 0.774 bits per heavy atom. The van der Waals surface area contributed by atoms with E-state index in [0.717, 1.165) is 109 Å². The third-order valence-electron chi connectivity index (χ3n) is 9.32. The number of para-hydroxylation sites is 3. The lowest BCUT2D eigenvalue weighted by atomic mass is 9.90. The van der Waals surface area contributed by atoms with E-state index in [1.165, 1.54) is 0 Å². The lowest BCUT2D eigenvalue weighted by Gasteiger charge is -2.23. The Labute approximate surface area is 325 Å². The summed E-state index contributed by atoms with van der Waals surface area (Å²) < 4.78 is 27.6. The highest BCUT2D eigenvalue weighted by Crippen LogP contribution is 2.39. The van der Waals surface area contributed by atoms with Gasteiger partial charge in [-0.2, -0.15) is 0 Å². The van der Waals surface area contributed by atoms with Crippen molar-refractivity contribution in [3.05, 3.63) is 151 Å². The lowest BCUT2D eigenvalue weighted by molar-refractivity contribution is 0.304. The Hall–Kier alpha value is -4.66. The summed E-state index contributed by atoms with van der Waals surface area (Å²) in [5, 5.41) is 0. The number of rotatable bonds is 12. The van der Waals surface area contributed by atoms with E-state index in [4.69, 9.17) is 18.9 Å². The molecule has 4 nitrogen and oxygen atoms in total. The number of hydrogen-bond acceptors (Lipinski definition) is 4. The molecule has 0 atom stereocenters. The van der Waals surface area contributed by atoms with Gasteiger partial charge in [-0.3, -0.25) is 0 Å². The molecule has 0 saturated heterocycles. The fourth-order valence-corrected chi connectivity index (χ4v) is 7.30. The molecule has 53 heavy (non-hydrogen) atoms. The van der Waals surface area contributed by atoms with Gasteiger partial charge in [0.05, 0.1) is 26.4 Å². The molecule has 1 aliphatic carbocycles. The molecule has 1 aliphatic rings. The molecule has 0 amide bonds. The van der Waals surface area contributed by atoms with E-state index < -0.39 is 0 Å². The largest absolute Gasteiger partial charge is 0.493 e. The van der Waals surface area contributed by atoms with E-state index in [2.05, 4.69) is 122 Å². The van der Waals surface area contributed by atoms with Crippen LogP contribution in [-0.2, 0) is 25.7 Å². The number of fused-ring (bicyclic) bond motifs is 8. The van der Waals surface area contributed by atoms with Gasteiger partial charge in [0.25, 0.3) is 0 Å². The summed E-state index contributed by atoms with van der Waals surface area (Å²) in [6.45, 7) is 11.2. The molecular weight excluding hydrogens is 720 g/mol. The zero-order valence-electron chi connectivity index (χ0n) is 31.7. The SMILES string of the molecule is CCCOc1c2cccc1Cc1cccc(c1OCCC)Cc1cc(C#Cc3ccccc3Br)cc(c1OCCC)Cc1cccc(c1OCCC)C2. The molecule has 0 fully saturated rings. The second kappa shape index (κ2) is 18.9. The Bertz CT molecular complexity index is 1970. The first-order valence-electron chi connectivity index (χ1n) is 19.3. The van der Waals surface area contributed by atoms with Gasteiger partial charge in [-0.15, -0.1) is 0 Å².